The van der Waals surface area contributed by atoms with Gasteiger partial charge in [-0.15, -0.1) is 0 Å². The number of fused-ring (bicyclic) bond motifs is 1. The molecule has 2 aromatic carbocycles. The summed E-state index contributed by atoms with van der Waals surface area (Å²) < 4.78 is 5.13. The van der Waals surface area contributed by atoms with Gasteiger partial charge in [0, 0.05) is 11.1 Å². The van der Waals surface area contributed by atoms with Crippen molar-refractivity contribution in [3.8, 4) is 5.75 Å². The first kappa shape index (κ1) is 24.0. The van der Waals surface area contributed by atoms with Gasteiger partial charge in [0.2, 0.25) is 0 Å². The largest absolute Gasteiger partial charge is 0.497 e. The van der Waals surface area contributed by atoms with Gasteiger partial charge in [-0.25, -0.2) is 5.01 Å². The highest BCUT2D eigenvalue weighted by Gasteiger charge is 2.52. The molecular weight excluding hydrogens is 479 g/mol. The predicted octanol–water partition coefficient (Wildman–Crippen LogP) is 4.58. The first-order chi connectivity index (χ1) is 16.2. The van der Waals surface area contributed by atoms with E-state index in [4.69, 9.17) is 27.9 Å². The lowest BCUT2D eigenvalue weighted by Crippen LogP contribution is -2.56. The Morgan fingerprint density at radius 3 is 2.03 bits per heavy atom. The van der Waals surface area contributed by atoms with Crippen molar-refractivity contribution in [1.29, 1.82) is 0 Å². The molecule has 3 atom stereocenters. The Kier molecular flexibility index (Phi) is 6.77. The van der Waals surface area contributed by atoms with Crippen molar-refractivity contribution in [2.45, 2.75) is 25.8 Å². The lowest BCUT2D eigenvalue weighted by Gasteiger charge is -2.34. The Balaban J connectivity index is 1.75. The van der Waals surface area contributed by atoms with E-state index in [1.54, 1.807) is 24.3 Å². The van der Waals surface area contributed by atoms with E-state index in [-0.39, 0.29) is 15.6 Å². The van der Waals surface area contributed by atoms with Crippen LogP contribution in [0.2, 0.25) is 10.0 Å². The number of methoxy groups -OCH3 is 1. The average molecular weight is 501 g/mol. The van der Waals surface area contributed by atoms with Crippen LogP contribution < -0.4 is 4.74 Å². The van der Waals surface area contributed by atoms with Crippen LogP contribution in [0.4, 0.5) is 0 Å². The number of hydrazine groups is 1. The molecule has 34 heavy (non-hydrogen) atoms. The molecule has 1 aliphatic heterocycles. The van der Waals surface area contributed by atoms with Gasteiger partial charge in [0.25, 0.3) is 17.7 Å². The molecule has 1 heterocycles. The van der Waals surface area contributed by atoms with Gasteiger partial charge in [-0.1, -0.05) is 35.4 Å². The van der Waals surface area contributed by atoms with Crippen LogP contribution in [0.3, 0.4) is 0 Å². The van der Waals surface area contributed by atoms with Gasteiger partial charge in [-0.3, -0.25) is 19.2 Å². The van der Waals surface area contributed by atoms with Crippen LogP contribution in [0, 0.1) is 11.8 Å². The van der Waals surface area contributed by atoms with Crippen molar-refractivity contribution >= 4 is 46.7 Å². The fourth-order valence-corrected chi connectivity index (χ4v) is 4.60. The first-order valence-electron chi connectivity index (χ1n) is 10.7. The summed E-state index contributed by atoms with van der Waals surface area (Å²) in [6.45, 7) is 1.49. The maximum atomic E-state index is 13.7. The second-order valence-corrected chi connectivity index (χ2v) is 9.01. The van der Waals surface area contributed by atoms with E-state index in [2.05, 4.69) is 0 Å². The number of ketones is 1. The lowest BCUT2D eigenvalue weighted by atomic mass is 9.85. The van der Waals surface area contributed by atoms with Crippen molar-refractivity contribution < 1.29 is 23.9 Å². The van der Waals surface area contributed by atoms with Gasteiger partial charge in [-0.05, 0) is 62.2 Å². The van der Waals surface area contributed by atoms with Crippen LogP contribution in [0.5, 0.6) is 5.75 Å². The molecule has 3 amide bonds. The minimum absolute atomic E-state index is 0.0948. The first-order valence-corrected chi connectivity index (χ1v) is 11.5. The van der Waals surface area contributed by atoms with Crippen LogP contribution in [-0.2, 0) is 9.59 Å². The summed E-state index contributed by atoms with van der Waals surface area (Å²) in [6, 6.07) is 9.46. The number of Topliss-reactive ketones (excluding diaryl/α,β-unsaturated/α-hetero) is 1. The van der Waals surface area contributed by atoms with Crippen LogP contribution in [0.1, 0.15) is 40.5 Å². The second kappa shape index (κ2) is 9.60. The summed E-state index contributed by atoms with van der Waals surface area (Å²) >= 11 is 12.1. The maximum absolute atomic E-state index is 13.7. The summed E-state index contributed by atoms with van der Waals surface area (Å²) in [5.41, 5.74) is 0.399. The number of allylic oxidation sites excluding steroid dienone is 2. The zero-order chi connectivity index (χ0) is 24.6. The molecule has 4 rings (SSSR count). The van der Waals surface area contributed by atoms with Gasteiger partial charge in [0.15, 0.2) is 5.78 Å². The zero-order valence-electron chi connectivity index (χ0n) is 18.5. The summed E-state index contributed by atoms with van der Waals surface area (Å²) in [7, 11) is 1.51. The van der Waals surface area contributed by atoms with Crippen molar-refractivity contribution in [1.82, 2.24) is 10.0 Å². The highest BCUT2D eigenvalue weighted by molar-refractivity contribution is 6.42. The number of ether oxygens (including phenoxy) is 1. The number of halogens is 2. The average Bonchev–Trinajstić information content (AvgIpc) is 3.10. The summed E-state index contributed by atoms with van der Waals surface area (Å²) in [5.74, 6) is -2.71. The molecule has 1 aliphatic carbocycles. The minimum Gasteiger partial charge on any atom is -0.497 e. The number of hydrogen-bond acceptors (Lipinski definition) is 5. The molecule has 176 valence electrons. The van der Waals surface area contributed by atoms with E-state index >= 15 is 0 Å². The van der Waals surface area contributed by atoms with E-state index in [0.29, 0.717) is 24.2 Å². The third-order valence-corrected chi connectivity index (χ3v) is 6.93. The van der Waals surface area contributed by atoms with E-state index < -0.39 is 41.4 Å². The molecule has 0 saturated carbocycles. The lowest BCUT2D eigenvalue weighted by molar-refractivity contribution is -0.156. The van der Waals surface area contributed by atoms with E-state index in [1.165, 1.54) is 32.2 Å². The summed E-state index contributed by atoms with van der Waals surface area (Å²) in [5, 5.41) is 2.19. The third kappa shape index (κ3) is 4.21. The van der Waals surface area contributed by atoms with Gasteiger partial charge in [0.1, 0.15) is 11.8 Å². The minimum atomic E-state index is -1.16. The van der Waals surface area contributed by atoms with Crippen LogP contribution in [0.15, 0.2) is 54.6 Å². The predicted molar refractivity (Wildman–Crippen MR) is 127 cm³/mol. The molecule has 2 aromatic rings. The number of nitrogens with zero attached hydrogens (tertiary/aromatic N) is 2. The fraction of sp³-hybridized carbons (Fsp3) is 0.280. The standard InChI is InChI=1S/C25H22Cl2N2O5/c1-14(22(30)15-7-10-17(34-2)11-8-15)28(23(31)16-9-12-20(26)21(27)13-16)29-24(32)18-5-3-4-6-19(18)25(29)33/h3-4,7-14,18-19H,5-6H2,1-2H3/t14-,18+,19+/m0/s1. The number of benzene rings is 2. The van der Waals surface area contributed by atoms with E-state index in [9.17, 15) is 19.2 Å². The van der Waals surface area contributed by atoms with E-state index in [1.807, 2.05) is 12.2 Å². The van der Waals surface area contributed by atoms with Crippen molar-refractivity contribution in [3.63, 3.8) is 0 Å². The molecule has 0 N–H and O–H groups in total. The second-order valence-electron chi connectivity index (χ2n) is 8.19. The van der Waals surface area contributed by atoms with Gasteiger partial charge in [0.05, 0.1) is 29.0 Å². The molecule has 1 fully saturated rings. The highest BCUT2D eigenvalue weighted by Crippen LogP contribution is 2.37. The molecule has 0 aromatic heterocycles. The quantitative estimate of drug-likeness (QED) is 0.329. The number of carbonyl (C=O) groups excluding carboxylic acids is 4. The maximum Gasteiger partial charge on any atom is 0.273 e. The highest BCUT2D eigenvalue weighted by atomic mass is 35.5. The zero-order valence-corrected chi connectivity index (χ0v) is 20.0. The number of rotatable bonds is 6. The number of carbonyl (C=O) groups is 4. The Hall–Kier alpha value is -3.16. The molecule has 0 bridgehead atoms. The number of imide groups is 1. The van der Waals surface area contributed by atoms with Gasteiger partial charge in [-0.2, -0.15) is 5.01 Å². The van der Waals surface area contributed by atoms with E-state index in [0.717, 1.165) is 10.0 Å². The Bertz CT molecular complexity index is 1170. The molecule has 9 heteroatoms. The number of hydrogen-bond donors (Lipinski definition) is 0. The molecule has 0 unspecified atom stereocenters. The van der Waals surface area contributed by atoms with Crippen molar-refractivity contribution in [2.24, 2.45) is 11.8 Å². The Labute approximate surface area is 206 Å². The van der Waals surface area contributed by atoms with Crippen molar-refractivity contribution in [2.75, 3.05) is 7.11 Å². The smallest absolute Gasteiger partial charge is 0.273 e. The van der Waals surface area contributed by atoms with Crippen LogP contribution in [-0.4, -0.2) is 46.7 Å². The molecule has 2 aliphatic rings. The summed E-state index contributed by atoms with van der Waals surface area (Å²) in [4.78, 5) is 53.6. The van der Waals surface area contributed by atoms with Crippen LogP contribution in [0.25, 0.3) is 0 Å². The molecule has 0 spiro atoms. The Morgan fingerprint density at radius 1 is 0.941 bits per heavy atom. The number of amides is 3. The van der Waals surface area contributed by atoms with Crippen LogP contribution >= 0.6 is 23.2 Å². The Morgan fingerprint density at radius 2 is 1.50 bits per heavy atom. The monoisotopic (exact) mass is 500 g/mol. The molecule has 7 nitrogen and oxygen atoms in total. The fourth-order valence-electron chi connectivity index (χ4n) is 4.30. The summed E-state index contributed by atoms with van der Waals surface area (Å²) in [6.07, 6.45) is 4.52. The van der Waals surface area contributed by atoms with Gasteiger partial charge < -0.3 is 4.74 Å². The third-order valence-electron chi connectivity index (χ3n) is 6.20. The normalized spacial score (nSPS) is 20.2. The topological polar surface area (TPSA) is 84.0 Å². The SMILES string of the molecule is COc1ccc(C(=O)[C@H](C)N(C(=O)c2ccc(Cl)c(Cl)c2)N2C(=O)[C@@H]3CC=CC[C@H]3C2=O)cc1. The molecular formula is C25H22Cl2N2O5. The van der Waals surface area contributed by atoms with Crippen molar-refractivity contribution in [3.05, 3.63) is 75.8 Å². The molecule has 0 radical (unpaired) electrons. The molecule has 1 saturated heterocycles. The van der Waals surface area contributed by atoms with Gasteiger partial charge >= 0.3 is 0 Å².